The average Bonchev–Trinajstić information content (AvgIpc) is 2.67. The maximum absolute atomic E-state index is 10.4. The van der Waals surface area contributed by atoms with E-state index in [0.29, 0.717) is 0 Å². The standard InChI is InChI=1S/3C7H8O3S.Fe/c3*1-6-3-2-4-7(5-6)11(8,9)10;/h3*2-5H,1H3,(H,8,9,10);/q;;;+3/p-3. The normalized spacial score (nSPS) is 11.1. The Hall–Kier alpha value is -2.09. The zero-order valence-electron chi connectivity index (χ0n) is 18.2. The molecule has 185 valence electrons. The van der Waals surface area contributed by atoms with Crippen LogP contribution in [0.25, 0.3) is 0 Å². The second-order valence-corrected chi connectivity index (χ2v) is 11.0. The van der Waals surface area contributed by atoms with Crippen LogP contribution in [-0.4, -0.2) is 38.9 Å². The number of aryl methyl sites for hydroxylation is 3. The summed E-state index contributed by atoms with van der Waals surface area (Å²) >= 11 is 0. The fraction of sp³-hybridized carbons (Fsp3) is 0.143. The van der Waals surface area contributed by atoms with Gasteiger partial charge >= 0.3 is 17.1 Å². The minimum absolute atomic E-state index is 0. The van der Waals surface area contributed by atoms with E-state index in [1.54, 1.807) is 57.2 Å². The van der Waals surface area contributed by atoms with Crippen LogP contribution < -0.4 is 0 Å². The molecule has 0 heterocycles. The van der Waals surface area contributed by atoms with Crippen molar-refractivity contribution < 1.29 is 56.0 Å². The molecule has 1 radical (unpaired) electrons. The van der Waals surface area contributed by atoms with Crippen molar-refractivity contribution in [3.63, 3.8) is 0 Å². The van der Waals surface area contributed by atoms with Gasteiger partial charge in [-0.25, -0.2) is 25.3 Å². The smallest absolute Gasteiger partial charge is 0.744 e. The summed E-state index contributed by atoms with van der Waals surface area (Å²) in [5.74, 6) is 0. The van der Waals surface area contributed by atoms with E-state index in [9.17, 15) is 38.9 Å². The molecular formula is C21H21FeO9S3. The van der Waals surface area contributed by atoms with Crippen LogP contribution >= 0.6 is 0 Å². The van der Waals surface area contributed by atoms with Gasteiger partial charge in [0.15, 0.2) is 0 Å². The Labute approximate surface area is 210 Å². The predicted molar refractivity (Wildman–Crippen MR) is 117 cm³/mol. The zero-order valence-corrected chi connectivity index (χ0v) is 21.7. The van der Waals surface area contributed by atoms with Crippen molar-refractivity contribution in [2.45, 2.75) is 35.5 Å². The molecule has 0 spiro atoms. The molecule has 3 aromatic rings. The Morgan fingerprint density at radius 3 is 0.794 bits per heavy atom. The molecule has 0 aromatic heterocycles. The van der Waals surface area contributed by atoms with Gasteiger partial charge in [-0.1, -0.05) is 36.4 Å². The first kappa shape index (κ1) is 31.9. The number of benzene rings is 3. The van der Waals surface area contributed by atoms with Gasteiger partial charge in [0, 0.05) is 0 Å². The molecule has 0 unspecified atom stereocenters. The van der Waals surface area contributed by atoms with Crippen molar-refractivity contribution in [3.05, 3.63) is 89.5 Å². The van der Waals surface area contributed by atoms with Gasteiger partial charge in [0.05, 0.1) is 14.7 Å². The van der Waals surface area contributed by atoms with Gasteiger partial charge in [-0.05, 0) is 73.9 Å². The maximum Gasteiger partial charge on any atom is 3.00 e. The summed E-state index contributed by atoms with van der Waals surface area (Å²) in [6.07, 6.45) is 0. The van der Waals surface area contributed by atoms with E-state index < -0.39 is 30.4 Å². The fourth-order valence-electron chi connectivity index (χ4n) is 2.31. The quantitative estimate of drug-likeness (QED) is 0.340. The summed E-state index contributed by atoms with van der Waals surface area (Å²) in [7, 11) is -12.8. The van der Waals surface area contributed by atoms with Crippen molar-refractivity contribution in [2.75, 3.05) is 0 Å². The summed E-state index contributed by atoms with van der Waals surface area (Å²) in [6, 6.07) is 17.7. The molecule has 3 rings (SSSR count). The van der Waals surface area contributed by atoms with Crippen LogP contribution in [0.5, 0.6) is 0 Å². The minimum Gasteiger partial charge on any atom is -0.744 e. The summed E-state index contributed by atoms with van der Waals surface area (Å²) < 4.78 is 93.9. The molecular weight excluding hydrogens is 548 g/mol. The van der Waals surface area contributed by atoms with Crippen LogP contribution in [0.15, 0.2) is 87.5 Å². The first-order chi connectivity index (χ1) is 15.0. The molecule has 0 amide bonds. The van der Waals surface area contributed by atoms with Gasteiger partial charge in [0.25, 0.3) is 0 Å². The van der Waals surface area contributed by atoms with Crippen LogP contribution in [0, 0.1) is 20.8 Å². The Balaban J connectivity index is 0.000000473. The maximum atomic E-state index is 10.4. The average molecular weight is 569 g/mol. The Morgan fingerprint density at radius 1 is 0.471 bits per heavy atom. The van der Waals surface area contributed by atoms with Crippen LogP contribution in [-0.2, 0) is 47.4 Å². The molecule has 0 aliphatic heterocycles. The number of rotatable bonds is 3. The van der Waals surface area contributed by atoms with E-state index in [-0.39, 0.29) is 31.8 Å². The first-order valence-corrected chi connectivity index (χ1v) is 13.3. The van der Waals surface area contributed by atoms with Gasteiger partial charge in [-0.2, -0.15) is 0 Å². The predicted octanol–water partition coefficient (Wildman–Crippen LogP) is 2.69. The van der Waals surface area contributed by atoms with Crippen molar-refractivity contribution >= 4 is 30.4 Å². The minimum atomic E-state index is -4.28. The third kappa shape index (κ3) is 11.9. The topological polar surface area (TPSA) is 172 Å². The van der Waals surface area contributed by atoms with E-state index in [1.165, 1.54) is 36.4 Å². The van der Waals surface area contributed by atoms with E-state index in [1.807, 2.05) is 0 Å². The fourth-order valence-corrected chi connectivity index (χ4v) is 4.04. The molecule has 0 N–H and O–H groups in total. The van der Waals surface area contributed by atoms with E-state index in [0.717, 1.165) is 16.7 Å². The van der Waals surface area contributed by atoms with Crippen molar-refractivity contribution in [3.8, 4) is 0 Å². The van der Waals surface area contributed by atoms with Crippen molar-refractivity contribution in [2.24, 2.45) is 0 Å². The Bertz CT molecular complexity index is 1240. The number of hydrogen-bond acceptors (Lipinski definition) is 9. The van der Waals surface area contributed by atoms with Gasteiger partial charge in [-0.15, -0.1) is 0 Å². The van der Waals surface area contributed by atoms with Gasteiger partial charge in [0.1, 0.15) is 30.4 Å². The van der Waals surface area contributed by atoms with E-state index >= 15 is 0 Å². The van der Waals surface area contributed by atoms with E-state index in [2.05, 4.69) is 0 Å². The Kier molecular flexibility index (Phi) is 12.3. The molecule has 0 saturated carbocycles. The summed E-state index contributed by atoms with van der Waals surface area (Å²) in [5.41, 5.74) is 2.30. The van der Waals surface area contributed by atoms with Crippen LogP contribution in [0.2, 0.25) is 0 Å². The molecule has 3 aromatic carbocycles. The van der Waals surface area contributed by atoms with Gasteiger partial charge in [-0.3, -0.25) is 0 Å². The van der Waals surface area contributed by atoms with Crippen LogP contribution in [0.3, 0.4) is 0 Å². The monoisotopic (exact) mass is 569 g/mol. The molecule has 0 atom stereocenters. The Morgan fingerprint density at radius 2 is 0.676 bits per heavy atom. The third-order valence-electron chi connectivity index (χ3n) is 3.83. The molecule has 0 bridgehead atoms. The first-order valence-electron chi connectivity index (χ1n) is 9.08. The molecule has 0 saturated heterocycles. The summed E-state index contributed by atoms with van der Waals surface area (Å²) in [5, 5.41) is 0. The third-order valence-corrected chi connectivity index (χ3v) is 6.33. The second-order valence-electron chi connectivity index (χ2n) is 6.81. The molecule has 0 fully saturated rings. The summed E-state index contributed by atoms with van der Waals surface area (Å²) in [4.78, 5) is -0.507. The van der Waals surface area contributed by atoms with E-state index in [4.69, 9.17) is 0 Å². The molecule has 0 aliphatic rings. The van der Waals surface area contributed by atoms with Gasteiger partial charge in [0.2, 0.25) is 0 Å². The molecule has 0 aliphatic carbocycles. The molecule has 13 heteroatoms. The van der Waals surface area contributed by atoms with Crippen molar-refractivity contribution in [1.29, 1.82) is 0 Å². The van der Waals surface area contributed by atoms with Crippen molar-refractivity contribution in [1.82, 2.24) is 0 Å². The SMILES string of the molecule is Cc1cccc(S(=O)(=O)[O-])c1.Cc1cccc(S(=O)(=O)[O-])c1.Cc1cccc(S(=O)(=O)[O-])c1.[Fe+3]. The largest absolute Gasteiger partial charge is 3.00 e. The second kappa shape index (κ2) is 13.1. The summed E-state index contributed by atoms with van der Waals surface area (Å²) in [6.45, 7) is 5.19. The molecule has 34 heavy (non-hydrogen) atoms. The number of hydrogen-bond donors (Lipinski definition) is 0. The van der Waals surface area contributed by atoms with Crippen LogP contribution in [0.1, 0.15) is 16.7 Å². The van der Waals surface area contributed by atoms with Crippen LogP contribution in [0.4, 0.5) is 0 Å². The zero-order chi connectivity index (χ0) is 25.4. The van der Waals surface area contributed by atoms with Gasteiger partial charge < -0.3 is 13.7 Å². The molecule has 9 nitrogen and oxygen atoms in total.